The molecule has 0 bridgehead atoms. The summed E-state index contributed by atoms with van der Waals surface area (Å²) in [5.41, 5.74) is 3.65. The zero-order valence-corrected chi connectivity index (χ0v) is 14.7. The van der Waals surface area contributed by atoms with Crippen molar-refractivity contribution in [2.45, 2.75) is 43.2 Å². The van der Waals surface area contributed by atoms with Crippen molar-refractivity contribution in [1.82, 2.24) is 9.58 Å². The topological polar surface area (TPSA) is 72.8 Å². The van der Waals surface area contributed by atoms with E-state index < -0.39 is 5.66 Å². The monoisotopic (exact) mass is 365 g/mol. The van der Waals surface area contributed by atoms with Crippen molar-refractivity contribution in [3.05, 3.63) is 64.1 Å². The van der Waals surface area contributed by atoms with Gasteiger partial charge in [0, 0.05) is 18.7 Å². The zero-order valence-electron chi connectivity index (χ0n) is 14.7. The molecule has 3 fully saturated rings. The normalized spacial score (nSPS) is 28.7. The van der Waals surface area contributed by atoms with Crippen molar-refractivity contribution in [1.29, 1.82) is 0 Å². The van der Waals surface area contributed by atoms with E-state index in [1.54, 1.807) is 10.9 Å². The van der Waals surface area contributed by atoms with Gasteiger partial charge in [0.1, 0.15) is 12.7 Å². The minimum Gasteiger partial charge on any atom is -0.482 e. The first kappa shape index (κ1) is 15.3. The molecule has 7 heteroatoms. The second-order valence-corrected chi connectivity index (χ2v) is 7.91. The molecule has 7 nitrogen and oxygen atoms in total. The van der Waals surface area contributed by atoms with Crippen LogP contribution >= 0.6 is 0 Å². The fourth-order valence-electron chi connectivity index (χ4n) is 4.47. The van der Waals surface area contributed by atoms with Crippen LogP contribution < -0.4 is 15.6 Å². The largest absolute Gasteiger partial charge is 0.482 e. The number of nitrogens with zero attached hydrogens (tertiary/aromatic N) is 2. The van der Waals surface area contributed by atoms with Crippen molar-refractivity contribution < 1.29 is 14.3 Å². The summed E-state index contributed by atoms with van der Waals surface area (Å²) >= 11 is 0. The summed E-state index contributed by atoms with van der Waals surface area (Å²) in [4.78, 5) is 28.0. The van der Waals surface area contributed by atoms with Crippen LogP contribution in [0.3, 0.4) is 0 Å². The summed E-state index contributed by atoms with van der Waals surface area (Å²) in [6, 6.07) is 11.1. The molecule has 2 aliphatic carbocycles. The van der Waals surface area contributed by atoms with Crippen molar-refractivity contribution in [2.75, 3.05) is 12.0 Å². The molecule has 1 saturated heterocycles. The molecule has 2 saturated carbocycles. The predicted molar refractivity (Wildman–Crippen MR) is 96.1 cm³/mol. The summed E-state index contributed by atoms with van der Waals surface area (Å²) in [5, 5.41) is 0. The van der Waals surface area contributed by atoms with E-state index in [-0.39, 0.29) is 41.0 Å². The molecule has 2 aliphatic heterocycles. The number of fused-ring (bicyclic) bond motifs is 2. The highest BCUT2D eigenvalue weighted by Crippen LogP contribution is 2.59. The lowest BCUT2D eigenvalue weighted by Gasteiger charge is -2.47. The van der Waals surface area contributed by atoms with E-state index in [1.807, 2.05) is 35.2 Å². The molecule has 1 N–H and O–H groups in total. The lowest BCUT2D eigenvalue weighted by Crippen LogP contribution is -2.66. The molecule has 1 amide bonds. The molecule has 2 atom stereocenters. The van der Waals surface area contributed by atoms with Gasteiger partial charge in [0.15, 0.2) is 17.1 Å². The third-order valence-electron chi connectivity index (χ3n) is 6.12. The van der Waals surface area contributed by atoms with Crippen LogP contribution in [0.25, 0.3) is 0 Å². The Bertz CT molecular complexity index is 1010. The number of aromatic nitrogens is 1. The van der Waals surface area contributed by atoms with Gasteiger partial charge in [0.2, 0.25) is 5.43 Å². The van der Waals surface area contributed by atoms with Crippen molar-refractivity contribution in [3.63, 3.8) is 0 Å². The highest BCUT2D eigenvalue weighted by molar-refractivity contribution is 5.98. The Hall–Kier alpha value is -2.80. The smallest absolute Gasteiger partial charge is 0.278 e. The Morgan fingerprint density at radius 3 is 2.78 bits per heavy atom. The summed E-state index contributed by atoms with van der Waals surface area (Å²) in [6.07, 6.45) is 4.26. The molecule has 0 unspecified atom stereocenters. The van der Waals surface area contributed by atoms with Gasteiger partial charge >= 0.3 is 0 Å². The highest BCUT2D eigenvalue weighted by Gasteiger charge is 2.74. The Labute approximate surface area is 155 Å². The quantitative estimate of drug-likeness (QED) is 0.892. The average Bonchev–Trinajstić information content (AvgIpc) is 3.59. The van der Waals surface area contributed by atoms with Gasteiger partial charge in [-0.1, -0.05) is 30.3 Å². The molecule has 0 radical (unpaired) electrons. The molecular weight excluding hydrogens is 346 g/mol. The number of rotatable bonds is 3. The zero-order chi connectivity index (χ0) is 18.2. The molecule has 2 aromatic rings. The van der Waals surface area contributed by atoms with Crippen LogP contribution in [0.5, 0.6) is 5.75 Å². The maximum absolute atomic E-state index is 13.5. The van der Waals surface area contributed by atoms with E-state index in [4.69, 9.17) is 9.47 Å². The predicted octanol–water partition coefficient (Wildman–Crippen LogP) is 1.46. The van der Waals surface area contributed by atoms with Crippen LogP contribution in [0.4, 0.5) is 0 Å². The first-order chi connectivity index (χ1) is 13.1. The van der Waals surface area contributed by atoms with Crippen LogP contribution in [-0.2, 0) is 11.3 Å². The van der Waals surface area contributed by atoms with Crippen LogP contribution in [0.1, 0.15) is 35.3 Å². The number of hydrogen-bond donors (Lipinski definition) is 1. The number of morpholine rings is 1. The lowest BCUT2D eigenvalue weighted by atomic mass is 10.1. The minimum absolute atomic E-state index is 0.00828. The molecule has 1 aromatic heterocycles. The molecule has 1 aromatic carbocycles. The number of carbonyl (C=O) groups is 1. The van der Waals surface area contributed by atoms with Crippen LogP contribution in [0, 0.1) is 0 Å². The second kappa shape index (κ2) is 4.92. The van der Waals surface area contributed by atoms with Crippen LogP contribution in [0.15, 0.2) is 47.4 Å². The first-order valence-electron chi connectivity index (χ1n) is 9.30. The standard InChI is InChI=1S/C20H19N3O4/c24-14-6-9-22-16(17(14)26-11-13-4-2-1-3-5-13)18(25)23-19(7-8-19)12-27-15-10-20(15,23)21-22/h1-6,9,15,21H,7-8,10-12H2/t15-,20+/m0/s1. The van der Waals surface area contributed by atoms with Crippen LogP contribution in [-0.4, -0.2) is 39.4 Å². The Morgan fingerprint density at radius 1 is 1.19 bits per heavy atom. The molecule has 27 heavy (non-hydrogen) atoms. The fourth-order valence-corrected chi connectivity index (χ4v) is 4.47. The van der Waals surface area contributed by atoms with Crippen molar-refractivity contribution in [2.24, 2.45) is 0 Å². The summed E-state index contributed by atoms with van der Waals surface area (Å²) in [6.45, 7) is 0.812. The van der Waals surface area contributed by atoms with E-state index >= 15 is 0 Å². The number of hydrogen-bond acceptors (Lipinski definition) is 5. The second-order valence-electron chi connectivity index (χ2n) is 7.91. The Balaban J connectivity index is 1.42. The number of amides is 1. The molecule has 2 spiro atoms. The third kappa shape index (κ3) is 2.00. The summed E-state index contributed by atoms with van der Waals surface area (Å²) < 4.78 is 13.4. The van der Waals surface area contributed by atoms with Crippen molar-refractivity contribution in [3.8, 4) is 5.75 Å². The highest BCUT2D eigenvalue weighted by atomic mass is 16.5. The van der Waals surface area contributed by atoms with E-state index in [9.17, 15) is 9.59 Å². The molecule has 3 heterocycles. The van der Waals surface area contributed by atoms with Gasteiger partial charge in [0.05, 0.1) is 12.1 Å². The van der Waals surface area contributed by atoms with E-state index in [1.165, 1.54) is 6.07 Å². The van der Waals surface area contributed by atoms with E-state index in [2.05, 4.69) is 5.43 Å². The van der Waals surface area contributed by atoms with E-state index in [0.29, 0.717) is 6.61 Å². The number of benzene rings is 1. The first-order valence-corrected chi connectivity index (χ1v) is 9.30. The SMILES string of the molecule is O=C1c2c(OCc3ccccc3)c(=O)ccn2N[C@@]23C[C@@H]2OCC2(CC2)N13. The number of ether oxygens (including phenoxy) is 2. The van der Waals surface area contributed by atoms with Crippen molar-refractivity contribution >= 4 is 5.91 Å². The fraction of sp³-hybridized carbons (Fsp3) is 0.400. The molecule has 6 rings (SSSR count). The lowest BCUT2D eigenvalue weighted by molar-refractivity contribution is -0.0483. The summed E-state index contributed by atoms with van der Waals surface area (Å²) in [5.74, 6) is -0.0361. The number of nitrogens with one attached hydrogen (secondary N) is 1. The minimum atomic E-state index is -0.482. The van der Waals surface area contributed by atoms with Gasteiger partial charge in [0.25, 0.3) is 5.91 Å². The van der Waals surface area contributed by atoms with Gasteiger partial charge in [-0.3, -0.25) is 19.7 Å². The van der Waals surface area contributed by atoms with Crippen LogP contribution in [0.2, 0.25) is 0 Å². The maximum Gasteiger partial charge on any atom is 0.278 e. The number of carbonyl (C=O) groups excluding carboxylic acids is 1. The van der Waals surface area contributed by atoms with Gasteiger partial charge < -0.3 is 14.4 Å². The molecule has 138 valence electrons. The van der Waals surface area contributed by atoms with Gasteiger partial charge in [-0.25, -0.2) is 0 Å². The summed E-state index contributed by atoms with van der Waals surface area (Å²) in [7, 11) is 0. The molecule has 4 aliphatic rings. The van der Waals surface area contributed by atoms with Gasteiger partial charge in [-0.15, -0.1) is 0 Å². The average molecular weight is 365 g/mol. The Kier molecular flexibility index (Phi) is 2.78. The third-order valence-corrected chi connectivity index (χ3v) is 6.12. The maximum atomic E-state index is 13.5. The van der Waals surface area contributed by atoms with Gasteiger partial charge in [-0.05, 0) is 18.4 Å². The van der Waals surface area contributed by atoms with Gasteiger partial charge in [-0.2, -0.15) is 0 Å². The van der Waals surface area contributed by atoms with E-state index in [0.717, 1.165) is 24.8 Å². The Morgan fingerprint density at radius 2 is 2.00 bits per heavy atom. The molecular formula is C20H19N3O4. The number of pyridine rings is 1.